The number of fused-ring (bicyclic) bond motifs is 5. The molecular weight excluding hydrogens is 402 g/mol. The molecule has 0 aromatic heterocycles. The van der Waals surface area contributed by atoms with E-state index in [1.54, 1.807) is 23.9 Å². The number of rotatable bonds is 6. The highest BCUT2D eigenvalue weighted by Crippen LogP contribution is 2.72. The number of ketones is 1. The molecule has 0 radical (unpaired) electrons. The highest BCUT2D eigenvalue weighted by atomic mass is 32.2. The van der Waals surface area contributed by atoms with Gasteiger partial charge in [0.05, 0.1) is 12.8 Å². The molecule has 4 aliphatic carbocycles. The van der Waals surface area contributed by atoms with Crippen LogP contribution in [0.15, 0.2) is 23.8 Å². The second-order valence-corrected chi connectivity index (χ2v) is 11.9. The first-order chi connectivity index (χ1) is 14.2. The number of thioether (sulfide) groups is 1. The van der Waals surface area contributed by atoms with Crippen molar-refractivity contribution in [1.82, 2.24) is 0 Å². The van der Waals surface area contributed by atoms with Gasteiger partial charge in [-0.25, -0.2) is 4.39 Å². The van der Waals surface area contributed by atoms with Gasteiger partial charge in [-0.05, 0) is 68.9 Å². The average molecular weight is 439 g/mol. The number of halogens is 2. The molecule has 7 atom stereocenters. The Balaban J connectivity index is 1.74. The van der Waals surface area contributed by atoms with Crippen LogP contribution in [0.5, 0.6) is 0 Å². The minimum absolute atomic E-state index is 0.0817. The minimum atomic E-state index is -1.76. The van der Waals surface area contributed by atoms with Crippen LogP contribution in [-0.4, -0.2) is 39.8 Å². The van der Waals surface area contributed by atoms with Gasteiger partial charge in [0.15, 0.2) is 11.5 Å². The van der Waals surface area contributed by atoms with Crippen LogP contribution in [0, 0.1) is 22.7 Å². The van der Waals surface area contributed by atoms with E-state index in [2.05, 4.69) is 13.8 Å². The number of carbonyl (C=O) groups is 1. The fourth-order valence-electron chi connectivity index (χ4n) is 7.70. The van der Waals surface area contributed by atoms with Crippen LogP contribution >= 0.6 is 11.8 Å². The number of aliphatic hydroxyl groups excluding tert-OH is 1. The number of carbonyl (C=O) groups excluding carboxylic acids is 1. The van der Waals surface area contributed by atoms with Gasteiger partial charge in [-0.3, -0.25) is 9.18 Å². The van der Waals surface area contributed by atoms with Gasteiger partial charge in [0, 0.05) is 21.8 Å². The van der Waals surface area contributed by atoms with E-state index in [0.29, 0.717) is 25.0 Å². The quantitative estimate of drug-likeness (QED) is 0.553. The Hall–Kier alpha value is -0.680. The summed E-state index contributed by atoms with van der Waals surface area (Å²) < 4.78 is 30.2. The topological polar surface area (TPSA) is 37.3 Å². The van der Waals surface area contributed by atoms with Crippen LogP contribution < -0.4 is 0 Å². The maximum atomic E-state index is 17.1. The Morgan fingerprint density at radius 1 is 1.27 bits per heavy atom. The lowest BCUT2D eigenvalue weighted by atomic mass is 9.45. The predicted molar refractivity (Wildman–Crippen MR) is 119 cm³/mol. The molecule has 0 aliphatic heterocycles. The smallest absolute Gasteiger partial charge is 0.178 e. The van der Waals surface area contributed by atoms with Crippen molar-refractivity contribution in [3.05, 3.63) is 23.8 Å². The van der Waals surface area contributed by atoms with E-state index < -0.39 is 17.2 Å². The van der Waals surface area contributed by atoms with Crippen molar-refractivity contribution in [3.63, 3.8) is 0 Å². The monoisotopic (exact) mass is 438 g/mol. The lowest BCUT2D eigenvalue weighted by molar-refractivity contribution is -0.192. The van der Waals surface area contributed by atoms with Gasteiger partial charge in [0.25, 0.3) is 0 Å². The van der Waals surface area contributed by atoms with Gasteiger partial charge in [0.2, 0.25) is 0 Å². The molecule has 0 unspecified atom stereocenters. The number of hydrogen-bond acceptors (Lipinski definition) is 3. The molecule has 3 saturated carbocycles. The van der Waals surface area contributed by atoms with Gasteiger partial charge >= 0.3 is 0 Å². The highest BCUT2D eigenvalue weighted by Gasteiger charge is 2.72. The van der Waals surface area contributed by atoms with Gasteiger partial charge in [-0.2, -0.15) is 11.8 Å². The number of aliphatic hydroxyl groups is 1. The van der Waals surface area contributed by atoms with Crippen molar-refractivity contribution in [2.45, 2.75) is 88.7 Å². The summed E-state index contributed by atoms with van der Waals surface area (Å²) in [6.45, 7) is 5.96. The Kier molecular flexibility index (Phi) is 5.79. The fraction of sp³-hybridized carbons (Fsp3) is 0.800. The second kappa shape index (κ2) is 7.72. The third kappa shape index (κ3) is 2.86. The zero-order chi connectivity index (χ0) is 21.8. The Labute approximate surface area is 184 Å². The summed E-state index contributed by atoms with van der Waals surface area (Å²) in [6, 6.07) is 0. The Morgan fingerprint density at radius 3 is 2.73 bits per heavy atom. The molecule has 0 heterocycles. The largest absolute Gasteiger partial charge is 0.390 e. The van der Waals surface area contributed by atoms with Crippen molar-refractivity contribution in [2.75, 3.05) is 12.4 Å². The van der Waals surface area contributed by atoms with E-state index in [9.17, 15) is 14.3 Å². The first kappa shape index (κ1) is 22.5. The third-order valence-corrected chi connectivity index (χ3v) is 11.1. The van der Waals surface area contributed by atoms with Crippen LogP contribution in [0.2, 0.25) is 0 Å². The van der Waals surface area contributed by atoms with E-state index in [1.807, 2.05) is 6.92 Å². The van der Waals surface area contributed by atoms with Gasteiger partial charge in [-0.1, -0.05) is 38.3 Å². The summed E-state index contributed by atoms with van der Waals surface area (Å²) in [4.78, 5) is 11.9. The van der Waals surface area contributed by atoms with E-state index in [0.717, 1.165) is 37.7 Å². The predicted octanol–water partition coefficient (Wildman–Crippen LogP) is 5.99. The van der Waals surface area contributed by atoms with Crippen molar-refractivity contribution < 1.29 is 18.7 Å². The molecule has 0 bridgehead atoms. The number of unbranched alkanes of at least 4 members (excludes halogenated alkanes) is 1. The normalized spacial score (nSPS) is 47.5. The second-order valence-electron chi connectivity index (χ2n) is 10.4. The highest BCUT2D eigenvalue weighted by molar-refractivity contribution is 8.00. The lowest BCUT2D eigenvalue weighted by Crippen LogP contribution is -2.67. The molecule has 5 heteroatoms. The van der Waals surface area contributed by atoms with Gasteiger partial charge in [0.1, 0.15) is 0 Å². The fourth-order valence-corrected chi connectivity index (χ4v) is 9.29. The van der Waals surface area contributed by atoms with Crippen LogP contribution in [-0.2, 0) is 4.79 Å². The van der Waals surface area contributed by atoms with Crippen molar-refractivity contribution in [1.29, 1.82) is 0 Å². The summed E-state index contributed by atoms with van der Waals surface area (Å²) in [7, 11) is 0. The molecule has 0 aromatic rings. The van der Waals surface area contributed by atoms with Gasteiger partial charge < -0.3 is 5.11 Å². The Bertz CT molecular complexity index is 756. The molecule has 4 rings (SSSR count). The maximum Gasteiger partial charge on any atom is 0.178 e. The summed E-state index contributed by atoms with van der Waals surface area (Å²) in [6.07, 6.45) is 10.6. The minimum Gasteiger partial charge on any atom is -0.390 e. The molecule has 30 heavy (non-hydrogen) atoms. The van der Waals surface area contributed by atoms with Crippen LogP contribution in [0.25, 0.3) is 0 Å². The SMILES string of the molecule is CCCC[C@@]1(SCCF)CC[C@H]2[C@@H]3CCC4=CC(=O)C=C[C@]4(C)[C@@]3(F)[C@@H](O)C[C@@]21C. The summed E-state index contributed by atoms with van der Waals surface area (Å²) in [5.74, 6) is 0.338. The summed E-state index contributed by atoms with van der Waals surface area (Å²) >= 11 is 1.74. The molecular formula is C25H36F2O2S. The standard InChI is InChI=1S/C25H36F2O2S/c1-4-5-10-24(30-14-13-26)12-9-19-20-7-6-17-15-18(28)8-11-22(17,2)25(20,27)21(29)16-23(19,24)3/h8,11,15,19-21,29H,4-7,9-10,12-14,16H2,1-3H3/t19-,20-,21-,22-,23-,24+,25-/m0/s1. The molecule has 4 aliphatic rings. The number of alkyl halides is 2. The van der Waals surface area contributed by atoms with Gasteiger partial charge in [-0.15, -0.1) is 0 Å². The molecule has 1 N–H and O–H groups in total. The number of hydrogen-bond donors (Lipinski definition) is 1. The van der Waals surface area contributed by atoms with Crippen LogP contribution in [0.1, 0.15) is 72.1 Å². The van der Waals surface area contributed by atoms with Crippen molar-refractivity contribution in [3.8, 4) is 0 Å². The maximum absolute atomic E-state index is 17.1. The molecule has 2 nitrogen and oxygen atoms in total. The van der Waals surface area contributed by atoms with E-state index >= 15 is 4.39 Å². The lowest BCUT2D eigenvalue weighted by Gasteiger charge is -2.63. The van der Waals surface area contributed by atoms with Crippen molar-refractivity contribution in [2.24, 2.45) is 22.7 Å². The molecule has 0 spiro atoms. The van der Waals surface area contributed by atoms with E-state index in [4.69, 9.17) is 0 Å². The number of allylic oxidation sites excluding steroid dienone is 4. The molecule has 0 saturated heterocycles. The zero-order valence-electron chi connectivity index (χ0n) is 18.6. The van der Waals surface area contributed by atoms with Crippen molar-refractivity contribution >= 4 is 17.5 Å². The van der Waals surface area contributed by atoms with E-state index in [-0.39, 0.29) is 34.5 Å². The van der Waals surface area contributed by atoms with Crippen LogP contribution in [0.4, 0.5) is 8.78 Å². The average Bonchev–Trinajstić information content (AvgIpc) is 2.99. The third-order valence-electron chi connectivity index (χ3n) is 9.32. The first-order valence-corrected chi connectivity index (χ1v) is 12.7. The summed E-state index contributed by atoms with van der Waals surface area (Å²) in [5, 5.41) is 11.4. The zero-order valence-corrected chi connectivity index (χ0v) is 19.4. The van der Waals surface area contributed by atoms with E-state index in [1.165, 1.54) is 6.08 Å². The molecule has 0 aromatic carbocycles. The summed E-state index contributed by atoms with van der Waals surface area (Å²) in [5.41, 5.74) is -2.05. The molecule has 0 amide bonds. The Morgan fingerprint density at radius 2 is 2.03 bits per heavy atom. The first-order valence-electron chi connectivity index (χ1n) is 11.7. The van der Waals surface area contributed by atoms with Crippen LogP contribution in [0.3, 0.4) is 0 Å². The molecule has 168 valence electrons. The molecule has 3 fully saturated rings.